The molecule has 3 aliphatic rings. The fourth-order valence-electron chi connectivity index (χ4n) is 4.81. The number of fused-ring (bicyclic) bond motifs is 1. The van der Waals surface area contributed by atoms with Gasteiger partial charge in [0.1, 0.15) is 18.3 Å². The zero-order chi connectivity index (χ0) is 29.0. The number of aromatic hydroxyl groups is 1. The summed E-state index contributed by atoms with van der Waals surface area (Å²) < 4.78 is 37.6. The molecule has 13 heteroatoms. The Kier molecular flexibility index (Phi) is 9.32. The molecule has 4 N–H and O–H groups in total. The van der Waals surface area contributed by atoms with E-state index in [1.807, 2.05) is 0 Å². The van der Waals surface area contributed by atoms with Crippen molar-refractivity contribution in [2.75, 3.05) is 27.4 Å². The number of methoxy groups -OCH3 is 2. The molecule has 0 spiro atoms. The maximum Gasteiger partial charge on any atom is 0.337 e. The van der Waals surface area contributed by atoms with Crippen LogP contribution in [0.3, 0.4) is 0 Å². The molecular weight excluding hydrogens is 532 g/mol. The minimum atomic E-state index is -1.68. The zero-order valence-electron chi connectivity index (χ0n) is 21.9. The predicted octanol–water partition coefficient (Wildman–Crippen LogP) is 0.395. The molecule has 2 fully saturated rings. The van der Waals surface area contributed by atoms with Crippen molar-refractivity contribution in [1.82, 2.24) is 0 Å². The van der Waals surface area contributed by atoms with E-state index < -0.39 is 61.5 Å². The lowest BCUT2D eigenvalue weighted by Gasteiger charge is -2.44. The SMILES string of the molecule is C=C[C@H]1[C@H](O[C@@H]2O[C@H](CO)[C@@H](O)[C@H](OC(=O)C=Cc3cc(OC)c(O)c(OC)c3)[C@H]2O)OC=C2C(=O)OCC[C@H]21. The van der Waals surface area contributed by atoms with Gasteiger partial charge in [-0.25, -0.2) is 9.59 Å². The van der Waals surface area contributed by atoms with E-state index in [4.69, 9.17) is 33.2 Å². The molecule has 218 valence electrons. The average Bonchev–Trinajstić information content (AvgIpc) is 2.96. The molecule has 13 nitrogen and oxygen atoms in total. The molecule has 4 rings (SSSR count). The lowest BCUT2D eigenvalue weighted by Crippen LogP contribution is -2.61. The van der Waals surface area contributed by atoms with E-state index in [-0.39, 0.29) is 29.8 Å². The number of phenolic OH excluding ortho intramolecular Hbond substituents is 1. The fourth-order valence-corrected chi connectivity index (χ4v) is 4.81. The van der Waals surface area contributed by atoms with E-state index in [1.54, 1.807) is 6.08 Å². The predicted molar refractivity (Wildman–Crippen MR) is 135 cm³/mol. The van der Waals surface area contributed by atoms with Crippen LogP contribution in [0.15, 0.2) is 42.7 Å². The first-order valence-electron chi connectivity index (χ1n) is 12.5. The Morgan fingerprint density at radius 2 is 1.85 bits per heavy atom. The molecule has 0 unspecified atom stereocenters. The molecule has 0 amide bonds. The topological polar surface area (TPSA) is 180 Å². The number of hydrogen-bond donors (Lipinski definition) is 4. The summed E-state index contributed by atoms with van der Waals surface area (Å²) in [6, 6.07) is 2.91. The minimum Gasteiger partial charge on any atom is -0.502 e. The first kappa shape index (κ1) is 29.4. The van der Waals surface area contributed by atoms with Gasteiger partial charge < -0.3 is 53.6 Å². The van der Waals surface area contributed by atoms with Crippen molar-refractivity contribution >= 4 is 18.0 Å². The highest BCUT2D eigenvalue weighted by atomic mass is 16.8. The first-order chi connectivity index (χ1) is 19.2. The number of hydrogen-bond acceptors (Lipinski definition) is 13. The minimum absolute atomic E-state index is 0.114. The maximum absolute atomic E-state index is 12.7. The summed E-state index contributed by atoms with van der Waals surface area (Å²) in [5, 5.41) is 41.4. The second kappa shape index (κ2) is 12.7. The second-order valence-corrected chi connectivity index (χ2v) is 9.27. The molecule has 1 aromatic carbocycles. The third-order valence-corrected chi connectivity index (χ3v) is 6.93. The maximum atomic E-state index is 12.7. The largest absolute Gasteiger partial charge is 0.502 e. The highest BCUT2D eigenvalue weighted by molar-refractivity contribution is 5.89. The highest BCUT2D eigenvalue weighted by Crippen LogP contribution is 2.39. The zero-order valence-corrected chi connectivity index (χ0v) is 21.9. The number of rotatable bonds is 9. The smallest absolute Gasteiger partial charge is 0.337 e. The van der Waals surface area contributed by atoms with Crippen LogP contribution in [0.5, 0.6) is 17.2 Å². The number of carbonyl (C=O) groups is 2. The van der Waals surface area contributed by atoms with Crippen LogP contribution < -0.4 is 9.47 Å². The molecule has 0 bridgehead atoms. The number of ether oxygens (including phenoxy) is 7. The Balaban J connectivity index is 1.48. The van der Waals surface area contributed by atoms with Crippen molar-refractivity contribution in [3.63, 3.8) is 0 Å². The van der Waals surface area contributed by atoms with Gasteiger partial charge in [-0.1, -0.05) is 6.08 Å². The summed E-state index contributed by atoms with van der Waals surface area (Å²) in [4.78, 5) is 24.7. The van der Waals surface area contributed by atoms with Crippen LogP contribution in [0.1, 0.15) is 12.0 Å². The van der Waals surface area contributed by atoms with E-state index in [2.05, 4.69) is 6.58 Å². The van der Waals surface area contributed by atoms with E-state index in [1.165, 1.54) is 38.7 Å². The average molecular weight is 565 g/mol. The number of aliphatic hydroxyl groups is 3. The molecule has 40 heavy (non-hydrogen) atoms. The molecule has 3 heterocycles. The van der Waals surface area contributed by atoms with Crippen LogP contribution in [-0.4, -0.2) is 96.8 Å². The number of carbonyl (C=O) groups excluding carboxylic acids is 2. The number of aliphatic hydroxyl groups excluding tert-OH is 3. The van der Waals surface area contributed by atoms with Crippen LogP contribution in [0.25, 0.3) is 6.08 Å². The van der Waals surface area contributed by atoms with Crippen molar-refractivity contribution in [2.24, 2.45) is 11.8 Å². The van der Waals surface area contributed by atoms with Crippen LogP contribution in [-0.2, 0) is 33.3 Å². The molecule has 0 saturated carbocycles. The molecular formula is C27H32O13. The van der Waals surface area contributed by atoms with Gasteiger partial charge in [0.25, 0.3) is 0 Å². The molecule has 3 aliphatic heterocycles. The van der Waals surface area contributed by atoms with Gasteiger partial charge in [0, 0.05) is 17.9 Å². The summed E-state index contributed by atoms with van der Waals surface area (Å²) in [5.74, 6) is -2.22. The Morgan fingerprint density at radius 1 is 1.15 bits per heavy atom. The lowest BCUT2D eigenvalue weighted by molar-refractivity contribution is -0.340. The Bertz CT molecular complexity index is 1140. The van der Waals surface area contributed by atoms with E-state index in [0.717, 1.165) is 6.08 Å². The van der Waals surface area contributed by atoms with Gasteiger partial charge in [-0.05, 0) is 30.2 Å². The summed E-state index contributed by atoms with van der Waals surface area (Å²) in [5.41, 5.74) is 0.766. The monoisotopic (exact) mass is 564 g/mol. The molecule has 0 radical (unpaired) electrons. The lowest BCUT2D eigenvalue weighted by atomic mass is 9.81. The third kappa shape index (κ3) is 5.93. The van der Waals surface area contributed by atoms with Gasteiger partial charge in [0.2, 0.25) is 12.0 Å². The Hall–Kier alpha value is -3.62. The number of benzene rings is 1. The molecule has 1 aromatic rings. The highest BCUT2D eigenvalue weighted by Gasteiger charge is 2.50. The second-order valence-electron chi connectivity index (χ2n) is 9.27. The Morgan fingerprint density at radius 3 is 2.48 bits per heavy atom. The van der Waals surface area contributed by atoms with E-state index in [9.17, 15) is 30.0 Å². The standard InChI is InChI=1S/C27H32O13/c1-4-14-15-7-8-36-25(33)16(15)12-37-26(14)40-27-23(32)24(22(31)19(11-28)38-27)39-20(29)6-5-13-9-17(34-2)21(30)18(10-13)35-3/h4-6,9-10,12,14-15,19,22-24,26-28,30-32H,1,7-8,11H2,2-3H3/t14-,15+,19-,22-,23-,24+,26+,27+/m1/s1. The summed E-state index contributed by atoms with van der Waals surface area (Å²) in [6.07, 6.45) is -2.90. The van der Waals surface area contributed by atoms with Crippen LogP contribution >= 0.6 is 0 Å². The van der Waals surface area contributed by atoms with Crippen molar-refractivity contribution in [3.8, 4) is 17.2 Å². The first-order valence-corrected chi connectivity index (χ1v) is 12.5. The van der Waals surface area contributed by atoms with Gasteiger partial charge >= 0.3 is 11.9 Å². The third-order valence-electron chi connectivity index (χ3n) is 6.93. The summed E-state index contributed by atoms with van der Waals surface area (Å²) in [7, 11) is 2.71. The fraction of sp³-hybridized carbons (Fsp3) is 0.481. The van der Waals surface area contributed by atoms with Gasteiger partial charge in [-0.15, -0.1) is 6.58 Å². The quantitative estimate of drug-likeness (QED) is 0.184. The number of esters is 2. The van der Waals surface area contributed by atoms with Gasteiger partial charge in [0.15, 0.2) is 23.9 Å². The van der Waals surface area contributed by atoms with E-state index >= 15 is 0 Å². The van der Waals surface area contributed by atoms with Crippen molar-refractivity contribution < 1.29 is 63.2 Å². The summed E-state index contributed by atoms with van der Waals surface area (Å²) in [6.45, 7) is 3.35. The van der Waals surface area contributed by atoms with E-state index in [0.29, 0.717) is 17.6 Å². The van der Waals surface area contributed by atoms with Gasteiger partial charge in [-0.2, -0.15) is 0 Å². The molecule has 8 atom stereocenters. The van der Waals surface area contributed by atoms with Crippen LogP contribution in [0.2, 0.25) is 0 Å². The number of cyclic esters (lactones) is 1. The number of phenols is 1. The normalized spacial score (nSPS) is 31.8. The van der Waals surface area contributed by atoms with Crippen LogP contribution in [0.4, 0.5) is 0 Å². The van der Waals surface area contributed by atoms with Crippen molar-refractivity contribution in [3.05, 3.63) is 48.3 Å². The summed E-state index contributed by atoms with van der Waals surface area (Å²) >= 11 is 0. The Labute approximate surface area is 229 Å². The van der Waals surface area contributed by atoms with Crippen molar-refractivity contribution in [1.29, 1.82) is 0 Å². The molecule has 0 aromatic heterocycles. The van der Waals surface area contributed by atoms with Crippen LogP contribution in [0, 0.1) is 11.8 Å². The van der Waals surface area contributed by atoms with Crippen molar-refractivity contribution in [2.45, 2.75) is 43.4 Å². The molecule has 0 aliphatic carbocycles. The molecule has 2 saturated heterocycles. The van der Waals surface area contributed by atoms with Gasteiger partial charge in [-0.3, -0.25) is 0 Å². The van der Waals surface area contributed by atoms with Gasteiger partial charge in [0.05, 0.1) is 39.3 Å².